The highest BCUT2D eigenvalue weighted by atomic mass is 15.2. The zero-order valence-corrected chi connectivity index (χ0v) is 9.70. The van der Waals surface area contributed by atoms with Gasteiger partial charge in [-0.1, -0.05) is 0 Å². The van der Waals surface area contributed by atoms with Gasteiger partial charge < -0.3 is 15.5 Å². The number of aryl methyl sites for hydroxylation is 1. The van der Waals surface area contributed by atoms with Crippen molar-refractivity contribution in [2.45, 2.75) is 6.92 Å². The van der Waals surface area contributed by atoms with Crippen molar-refractivity contribution in [1.82, 2.24) is 19.9 Å². The third kappa shape index (κ3) is 4.07. The van der Waals surface area contributed by atoms with E-state index in [9.17, 15) is 0 Å². The lowest BCUT2D eigenvalue weighted by Gasteiger charge is -2.10. The Bertz CT molecular complexity index is 311. The molecule has 6 heteroatoms. The lowest BCUT2D eigenvalue weighted by molar-refractivity contribution is 0.425. The smallest absolute Gasteiger partial charge is 0.227 e. The van der Waals surface area contributed by atoms with Gasteiger partial charge in [0.25, 0.3) is 0 Å². The van der Waals surface area contributed by atoms with E-state index in [-0.39, 0.29) is 0 Å². The fourth-order valence-corrected chi connectivity index (χ4v) is 1.06. The largest absolute Gasteiger partial charge is 0.357 e. The Hall–Kier alpha value is -1.43. The second-order valence-corrected chi connectivity index (χ2v) is 3.51. The second-order valence-electron chi connectivity index (χ2n) is 3.51. The summed E-state index contributed by atoms with van der Waals surface area (Å²) in [5.74, 6) is 1.92. The van der Waals surface area contributed by atoms with E-state index in [2.05, 4.69) is 30.5 Å². The number of aromatic nitrogens is 3. The van der Waals surface area contributed by atoms with Gasteiger partial charge in [0.15, 0.2) is 0 Å². The minimum atomic E-state index is 0.592. The number of hydrogen-bond donors (Lipinski definition) is 2. The zero-order chi connectivity index (χ0) is 11.3. The third-order valence-electron chi connectivity index (χ3n) is 1.81. The standard InChI is InChI=1S/C9H18N6/c1-7-12-8(10-2)14-9(13-7)11-5-6-15(3)4/h5-6H2,1-4H3,(H2,10,11,12,13,14). The summed E-state index contributed by atoms with van der Waals surface area (Å²) in [5, 5.41) is 6.04. The van der Waals surface area contributed by atoms with Crippen LogP contribution in [0.15, 0.2) is 0 Å². The quantitative estimate of drug-likeness (QED) is 0.723. The predicted octanol–water partition coefficient (Wildman–Crippen LogP) is 0.195. The fraction of sp³-hybridized carbons (Fsp3) is 0.667. The van der Waals surface area contributed by atoms with Gasteiger partial charge in [-0.05, 0) is 21.0 Å². The van der Waals surface area contributed by atoms with Crippen molar-refractivity contribution in [2.75, 3.05) is 44.9 Å². The third-order valence-corrected chi connectivity index (χ3v) is 1.81. The van der Waals surface area contributed by atoms with Crippen molar-refractivity contribution < 1.29 is 0 Å². The highest BCUT2D eigenvalue weighted by Gasteiger charge is 2.01. The van der Waals surface area contributed by atoms with Crippen LogP contribution in [0.25, 0.3) is 0 Å². The van der Waals surface area contributed by atoms with Gasteiger partial charge in [-0.3, -0.25) is 0 Å². The van der Waals surface area contributed by atoms with Crippen molar-refractivity contribution >= 4 is 11.9 Å². The topological polar surface area (TPSA) is 66.0 Å². The summed E-state index contributed by atoms with van der Waals surface area (Å²) in [6.07, 6.45) is 0. The van der Waals surface area contributed by atoms with Crippen molar-refractivity contribution in [3.63, 3.8) is 0 Å². The van der Waals surface area contributed by atoms with E-state index in [0.717, 1.165) is 13.1 Å². The number of nitrogens with zero attached hydrogens (tertiary/aromatic N) is 4. The van der Waals surface area contributed by atoms with Crippen LogP contribution in [-0.4, -0.2) is 54.1 Å². The molecule has 0 unspecified atom stereocenters. The summed E-state index contributed by atoms with van der Waals surface area (Å²) in [5.41, 5.74) is 0. The first kappa shape index (κ1) is 11.6. The predicted molar refractivity (Wildman–Crippen MR) is 61.2 cm³/mol. The van der Waals surface area contributed by atoms with Crippen LogP contribution < -0.4 is 10.6 Å². The van der Waals surface area contributed by atoms with E-state index < -0.39 is 0 Å². The molecule has 2 N–H and O–H groups in total. The molecule has 0 atom stereocenters. The van der Waals surface area contributed by atoms with Crippen molar-refractivity contribution in [3.05, 3.63) is 5.82 Å². The molecule has 0 amide bonds. The van der Waals surface area contributed by atoms with Gasteiger partial charge in [0.1, 0.15) is 5.82 Å². The summed E-state index contributed by atoms with van der Waals surface area (Å²) in [6, 6.07) is 0. The Labute approximate surface area is 90.1 Å². The Morgan fingerprint density at radius 3 is 2.40 bits per heavy atom. The number of anilines is 2. The maximum Gasteiger partial charge on any atom is 0.227 e. The number of rotatable bonds is 5. The molecule has 6 nitrogen and oxygen atoms in total. The highest BCUT2D eigenvalue weighted by molar-refractivity contribution is 5.33. The van der Waals surface area contributed by atoms with E-state index in [0.29, 0.717) is 17.7 Å². The summed E-state index contributed by atoms with van der Waals surface area (Å²) in [4.78, 5) is 14.6. The maximum atomic E-state index is 4.19. The first-order valence-corrected chi connectivity index (χ1v) is 4.91. The average Bonchev–Trinajstić information content (AvgIpc) is 2.16. The normalized spacial score (nSPS) is 10.5. The molecule has 84 valence electrons. The summed E-state index contributed by atoms with van der Waals surface area (Å²) in [6.45, 7) is 3.61. The molecule has 15 heavy (non-hydrogen) atoms. The first-order valence-electron chi connectivity index (χ1n) is 4.91. The molecular formula is C9H18N6. The molecule has 0 aliphatic rings. The van der Waals surface area contributed by atoms with Gasteiger partial charge in [0.05, 0.1) is 0 Å². The monoisotopic (exact) mass is 210 g/mol. The van der Waals surface area contributed by atoms with E-state index in [1.165, 1.54) is 0 Å². The van der Waals surface area contributed by atoms with Gasteiger partial charge in [0, 0.05) is 20.1 Å². The maximum absolute atomic E-state index is 4.19. The molecule has 0 radical (unpaired) electrons. The number of hydrogen-bond acceptors (Lipinski definition) is 6. The SMILES string of the molecule is CNc1nc(C)nc(NCCN(C)C)n1. The summed E-state index contributed by atoms with van der Waals surface area (Å²) < 4.78 is 0. The summed E-state index contributed by atoms with van der Waals surface area (Å²) in [7, 11) is 5.84. The van der Waals surface area contributed by atoms with E-state index in [4.69, 9.17) is 0 Å². The molecule has 1 aromatic rings. The Balaban J connectivity index is 2.56. The second kappa shape index (κ2) is 5.45. The average molecular weight is 210 g/mol. The fourth-order valence-electron chi connectivity index (χ4n) is 1.06. The lowest BCUT2D eigenvalue weighted by Crippen LogP contribution is -2.22. The van der Waals surface area contributed by atoms with E-state index >= 15 is 0 Å². The Morgan fingerprint density at radius 2 is 1.80 bits per heavy atom. The van der Waals surface area contributed by atoms with E-state index in [1.807, 2.05) is 21.0 Å². The molecule has 0 bridgehead atoms. The van der Waals surface area contributed by atoms with Crippen molar-refractivity contribution in [3.8, 4) is 0 Å². The molecule has 0 aromatic carbocycles. The molecule has 0 saturated heterocycles. The minimum Gasteiger partial charge on any atom is -0.357 e. The minimum absolute atomic E-state index is 0.592. The van der Waals surface area contributed by atoms with Gasteiger partial charge in [-0.2, -0.15) is 15.0 Å². The first-order chi connectivity index (χ1) is 7.11. The Kier molecular flexibility index (Phi) is 4.23. The molecule has 1 rings (SSSR count). The molecular weight excluding hydrogens is 192 g/mol. The number of likely N-dealkylation sites (N-methyl/N-ethyl adjacent to an activating group) is 1. The van der Waals surface area contributed by atoms with E-state index in [1.54, 1.807) is 7.05 Å². The molecule has 0 spiro atoms. The van der Waals surface area contributed by atoms with Crippen LogP contribution in [0.5, 0.6) is 0 Å². The molecule has 0 aliphatic heterocycles. The van der Waals surface area contributed by atoms with Crippen LogP contribution in [0, 0.1) is 6.92 Å². The van der Waals surface area contributed by atoms with Gasteiger partial charge in [-0.15, -0.1) is 0 Å². The van der Waals surface area contributed by atoms with Crippen LogP contribution in [-0.2, 0) is 0 Å². The van der Waals surface area contributed by atoms with Gasteiger partial charge in [-0.25, -0.2) is 0 Å². The van der Waals surface area contributed by atoms with Gasteiger partial charge in [0.2, 0.25) is 11.9 Å². The Morgan fingerprint density at radius 1 is 1.13 bits per heavy atom. The highest BCUT2D eigenvalue weighted by Crippen LogP contribution is 2.03. The van der Waals surface area contributed by atoms with Crippen LogP contribution in [0.3, 0.4) is 0 Å². The van der Waals surface area contributed by atoms with Crippen molar-refractivity contribution in [1.29, 1.82) is 0 Å². The molecule has 0 aliphatic carbocycles. The van der Waals surface area contributed by atoms with Gasteiger partial charge >= 0.3 is 0 Å². The summed E-state index contributed by atoms with van der Waals surface area (Å²) >= 11 is 0. The van der Waals surface area contributed by atoms with Crippen LogP contribution in [0.4, 0.5) is 11.9 Å². The van der Waals surface area contributed by atoms with Crippen molar-refractivity contribution in [2.24, 2.45) is 0 Å². The molecule has 1 heterocycles. The molecule has 0 saturated carbocycles. The lowest BCUT2D eigenvalue weighted by atomic mass is 10.6. The van der Waals surface area contributed by atoms with Crippen LogP contribution in [0.2, 0.25) is 0 Å². The number of nitrogens with one attached hydrogen (secondary N) is 2. The molecule has 1 aromatic heterocycles. The van der Waals surface area contributed by atoms with Crippen LogP contribution in [0.1, 0.15) is 5.82 Å². The van der Waals surface area contributed by atoms with Crippen LogP contribution >= 0.6 is 0 Å². The molecule has 0 fully saturated rings. The zero-order valence-electron chi connectivity index (χ0n) is 9.70.